The number of carbonyl (C=O) groups is 1. The standard InChI is InChI=1S/C14H11Cl2N3OS/c1-2-19-10-6-4-3-5-9(10)17-14(19)18-13(20)8-7-11(15)21-12(8)16/h3-7H,2H2,1H3,(H,17,18,20). The number of rotatable bonds is 3. The summed E-state index contributed by atoms with van der Waals surface area (Å²) in [5.41, 5.74) is 2.18. The first-order valence-electron chi connectivity index (χ1n) is 6.31. The number of imidazole rings is 1. The summed E-state index contributed by atoms with van der Waals surface area (Å²) >= 11 is 13.0. The van der Waals surface area contributed by atoms with Gasteiger partial charge in [-0.25, -0.2) is 4.98 Å². The number of amides is 1. The van der Waals surface area contributed by atoms with Crippen molar-refractivity contribution < 1.29 is 4.79 Å². The van der Waals surface area contributed by atoms with Gasteiger partial charge in [0.1, 0.15) is 4.34 Å². The maximum absolute atomic E-state index is 12.3. The van der Waals surface area contributed by atoms with Gasteiger partial charge in [-0.15, -0.1) is 11.3 Å². The van der Waals surface area contributed by atoms with Crippen LogP contribution in [0.2, 0.25) is 8.67 Å². The molecule has 0 radical (unpaired) electrons. The number of nitrogens with zero attached hydrogens (tertiary/aromatic N) is 2. The molecule has 0 aliphatic rings. The number of carbonyl (C=O) groups excluding carboxylic acids is 1. The molecular formula is C14H11Cl2N3OS. The molecular weight excluding hydrogens is 329 g/mol. The van der Waals surface area contributed by atoms with Crippen LogP contribution in [-0.4, -0.2) is 15.5 Å². The second-order valence-electron chi connectivity index (χ2n) is 4.36. The van der Waals surface area contributed by atoms with Crippen LogP contribution in [0.3, 0.4) is 0 Å². The summed E-state index contributed by atoms with van der Waals surface area (Å²) < 4.78 is 2.79. The lowest BCUT2D eigenvalue weighted by Crippen LogP contribution is -2.15. The first-order chi connectivity index (χ1) is 10.1. The average molecular weight is 340 g/mol. The summed E-state index contributed by atoms with van der Waals surface area (Å²) in [4.78, 5) is 16.7. The first kappa shape index (κ1) is 14.4. The molecule has 3 aromatic rings. The van der Waals surface area contributed by atoms with E-state index in [4.69, 9.17) is 23.2 Å². The van der Waals surface area contributed by atoms with Gasteiger partial charge >= 0.3 is 0 Å². The maximum Gasteiger partial charge on any atom is 0.260 e. The van der Waals surface area contributed by atoms with E-state index in [9.17, 15) is 4.79 Å². The summed E-state index contributed by atoms with van der Waals surface area (Å²) in [6.45, 7) is 2.70. The second-order valence-corrected chi connectivity index (χ2v) is 6.65. The van der Waals surface area contributed by atoms with Crippen molar-refractivity contribution in [2.45, 2.75) is 13.5 Å². The van der Waals surface area contributed by atoms with Crippen LogP contribution in [0.25, 0.3) is 11.0 Å². The van der Waals surface area contributed by atoms with Gasteiger partial charge in [-0.2, -0.15) is 0 Å². The zero-order valence-corrected chi connectivity index (χ0v) is 13.4. The van der Waals surface area contributed by atoms with E-state index in [-0.39, 0.29) is 5.91 Å². The fraction of sp³-hybridized carbons (Fsp3) is 0.143. The van der Waals surface area contributed by atoms with Crippen LogP contribution in [0.15, 0.2) is 30.3 Å². The Morgan fingerprint density at radius 1 is 1.38 bits per heavy atom. The Morgan fingerprint density at radius 3 is 2.81 bits per heavy atom. The van der Waals surface area contributed by atoms with E-state index < -0.39 is 0 Å². The van der Waals surface area contributed by atoms with Gasteiger partial charge in [-0.3, -0.25) is 10.1 Å². The molecule has 2 aromatic heterocycles. The molecule has 0 bridgehead atoms. The molecule has 1 N–H and O–H groups in total. The van der Waals surface area contributed by atoms with Gasteiger partial charge in [-0.05, 0) is 25.1 Å². The average Bonchev–Trinajstić information content (AvgIpc) is 2.97. The highest BCUT2D eigenvalue weighted by atomic mass is 35.5. The predicted molar refractivity (Wildman–Crippen MR) is 87.7 cm³/mol. The van der Waals surface area contributed by atoms with Crippen molar-refractivity contribution in [2.24, 2.45) is 0 Å². The van der Waals surface area contributed by atoms with Gasteiger partial charge in [-0.1, -0.05) is 35.3 Å². The molecule has 21 heavy (non-hydrogen) atoms. The van der Waals surface area contributed by atoms with Gasteiger partial charge in [0.25, 0.3) is 5.91 Å². The molecule has 3 rings (SSSR count). The van der Waals surface area contributed by atoms with Crippen LogP contribution in [-0.2, 0) is 6.54 Å². The summed E-state index contributed by atoms with van der Waals surface area (Å²) in [6, 6.07) is 9.29. The number of hydrogen-bond donors (Lipinski definition) is 1. The smallest absolute Gasteiger partial charge is 0.260 e. The molecule has 0 aliphatic carbocycles. The largest absolute Gasteiger partial charge is 0.310 e. The highest BCUT2D eigenvalue weighted by Gasteiger charge is 2.17. The minimum atomic E-state index is -0.312. The minimum absolute atomic E-state index is 0.312. The van der Waals surface area contributed by atoms with Crippen molar-refractivity contribution in [3.05, 3.63) is 44.6 Å². The second kappa shape index (κ2) is 5.67. The third kappa shape index (κ3) is 2.64. The van der Waals surface area contributed by atoms with E-state index in [2.05, 4.69) is 10.3 Å². The molecule has 1 aromatic carbocycles. The van der Waals surface area contributed by atoms with Gasteiger partial charge in [0, 0.05) is 6.54 Å². The number of nitrogens with one attached hydrogen (secondary N) is 1. The van der Waals surface area contributed by atoms with Crippen molar-refractivity contribution in [1.82, 2.24) is 9.55 Å². The van der Waals surface area contributed by atoms with Gasteiger partial charge < -0.3 is 4.57 Å². The Balaban J connectivity index is 1.98. The number of fused-ring (bicyclic) bond motifs is 1. The van der Waals surface area contributed by atoms with Crippen LogP contribution >= 0.6 is 34.5 Å². The monoisotopic (exact) mass is 339 g/mol. The van der Waals surface area contributed by atoms with Gasteiger partial charge in [0.2, 0.25) is 5.95 Å². The molecule has 0 fully saturated rings. The summed E-state index contributed by atoms with van der Waals surface area (Å²) in [5, 5.41) is 2.80. The van der Waals surface area contributed by atoms with E-state index >= 15 is 0 Å². The first-order valence-corrected chi connectivity index (χ1v) is 7.89. The lowest BCUT2D eigenvalue weighted by atomic mass is 10.3. The number of halogens is 2. The number of aryl methyl sites for hydroxylation is 1. The minimum Gasteiger partial charge on any atom is -0.310 e. The van der Waals surface area contributed by atoms with E-state index in [1.54, 1.807) is 6.07 Å². The quantitative estimate of drug-likeness (QED) is 0.753. The number of benzene rings is 1. The Hall–Kier alpha value is -1.56. The van der Waals surface area contributed by atoms with E-state index in [0.717, 1.165) is 11.0 Å². The molecule has 0 saturated carbocycles. The topological polar surface area (TPSA) is 46.9 Å². The number of aromatic nitrogens is 2. The highest BCUT2D eigenvalue weighted by Crippen LogP contribution is 2.31. The molecule has 4 nitrogen and oxygen atoms in total. The van der Waals surface area contributed by atoms with Gasteiger partial charge in [0.15, 0.2) is 0 Å². The fourth-order valence-electron chi connectivity index (χ4n) is 2.15. The number of anilines is 1. The van der Waals surface area contributed by atoms with Crippen LogP contribution in [0.5, 0.6) is 0 Å². The third-order valence-corrected chi connectivity index (χ3v) is 4.59. The molecule has 0 aliphatic heterocycles. The molecule has 0 spiro atoms. The molecule has 2 heterocycles. The number of thiophene rings is 1. The lowest BCUT2D eigenvalue weighted by Gasteiger charge is -2.07. The molecule has 0 unspecified atom stereocenters. The van der Waals surface area contributed by atoms with Crippen LogP contribution in [0, 0.1) is 0 Å². The lowest BCUT2D eigenvalue weighted by molar-refractivity contribution is 0.102. The number of para-hydroxylation sites is 2. The Morgan fingerprint density at radius 2 is 2.14 bits per heavy atom. The van der Waals surface area contributed by atoms with E-state index in [1.807, 2.05) is 35.8 Å². The molecule has 1 amide bonds. The molecule has 0 atom stereocenters. The van der Waals surface area contributed by atoms with Crippen LogP contribution in [0.1, 0.15) is 17.3 Å². The SMILES string of the molecule is CCn1c(NC(=O)c2cc(Cl)sc2Cl)nc2ccccc21. The van der Waals surface area contributed by atoms with E-state index in [0.29, 0.717) is 26.7 Å². The predicted octanol–water partition coefficient (Wildman–Crippen LogP) is 4.68. The Kier molecular flexibility index (Phi) is 3.89. The maximum atomic E-state index is 12.3. The number of hydrogen-bond acceptors (Lipinski definition) is 3. The summed E-state index contributed by atoms with van der Waals surface area (Å²) in [6.07, 6.45) is 0. The van der Waals surface area contributed by atoms with Crippen molar-refractivity contribution >= 4 is 57.4 Å². The third-order valence-electron chi connectivity index (χ3n) is 3.10. The van der Waals surface area contributed by atoms with Crippen molar-refractivity contribution in [3.63, 3.8) is 0 Å². The zero-order valence-electron chi connectivity index (χ0n) is 11.1. The molecule has 0 saturated heterocycles. The van der Waals surface area contributed by atoms with Crippen molar-refractivity contribution in [1.29, 1.82) is 0 Å². The normalized spacial score (nSPS) is 11.0. The Labute approximate surface area is 135 Å². The van der Waals surface area contributed by atoms with Crippen molar-refractivity contribution in [2.75, 3.05) is 5.32 Å². The van der Waals surface area contributed by atoms with Crippen LogP contribution in [0.4, 0.5) is 5.95 Å². The summed E-state index contributed by atoms with van der Waals surface area (Å²) in [5.74, 6) is 0.190. The molecule has 7 heteroatoms. The summed E-state index contributed by atoms with van der Waals surface area (Å²) in [7, 11) is 0. The highest BCUT2D eigenvalue weighted by molar-refractivity contribution is 7.20. The van der Waals surface area contributed by atoms with Crippen LogP contribution < -0.4 is 5.32 Å². The zero-order chi connectivity index (χ0) is 15.0. The molecule has 108 valence electrons. The van der Waals surface area contributed by atoms with Gasteiger partial charge in [0.05, 0.1) is 20.9 Å². The Bertz CT molecular complexity index is 825. The fourth-order valence-corrected chi connectivity index (χ4v) is 3.61. The van der Waals surface area contributed by atoms with Crippen molar-refractivity contribution in [3.8, 4) is 0 Å². The van der Waals surface area contributed by atoms with E-state index in [1.165, 1.54) is 11.3 Å².